The first kappa shape index (κ1) is 28.0. The molecule has 0 saturated carbocycles. The quantitative estimate of drug-likeness (QED) is 0.503. The van der Waals surface area contributed by atoms with Crippen LogP contribution in [0.15, 0.2) is 47.4 Å². The third kappa shape index (κ3) is 4.36. The molecule has 3 unspecified atom stereocenters. The van der Waals surface area contributed by atoms with Gasteiger partial charge < -0.3 is 4.90 Å². The minimum absolute atomic E-state index is 0.00407. The molecule has 39 heavy (non-hydrogen) atoms. The van der Waals surface area contributed by atoms with Crippen LogP contribution < -0.4 is 0 Å². The second kappa shape index (κ2) is 9.25. The van der Waals surface area contributed by atoms with Crippen LogP contribution in [-0.4, -0.2) is 62.9 Å². The van der Waals surface area contributed by atoms with Crippen molar-refractivity contribution < 1.29 is 39.2 Å². The van der Waals surface area contributed by atoms with Crippen molar-refractivity contribution in [1.29, 1.82) is 0 Å². The van der Waals surface area contributed by atoms with Crippen LogP contribution in [0.4, 0.5) is 17.6 Å². The summed E-state index contributed by atoms with van der Waals surface area (Å²) in [6.45, 7) is 0.452. The smallest absolute Gasteiger partial charge is 0.337 e. The molecule has 2 aromatic rings. The highest BCUT2D eigenvalue weighted by molar-refractivity contribution is 7.92. The van der Waals surface area contributed by atoms with Gasteiger partial charge in [-0.15, -0.1) is 0 Å². The summed E-state index contributed by atoms with van der Waals surface area (Å²) in [6.07, 6.45) is -4.79. The number of aromatic nitrogens is 1. The highest BCUT2D eigenvalue weighted by atomic mass is 32.2. The van der Waals surface area contributed by atoms with E-state index in [4.69, 9.17) is 0 Å². The molecule has 1 amide bonds. The first-order chi connectivity index (χ1) is 18.1. The van der Waals surface area contributed by atoms with Gasteiger partial charge in [0.25, 0.3) is 0 Å². The number of nitrogens with zero attached hydrogens (tertiary/aromatic N) is 2. The molecule has 0 bridgehead atoms. The number of halogens is 4. The van der Waals surface area contributed by atoms with E-state index in [-0.39, 0.29) is 72.2 Å². The van der Waals surface area contributed by atoms with Crippen molar-refractivity contribution in [2.45, 2.75) is 66.6 Å². The predicted octanol–water partition coefficient (Wildman–Crippen LogP) is 3.87. The van der Waals surface area contributed by atoms with Crippen molar-refractivity contribution in [3.63, 3.8) is 0 Å². The number of fused-ring (bicyclic) bond motifs is 3. The second-order valence-corrected chi connectivity index (χ2v) is 15.2. The van der Waals surface area contributed by atoms with Crippen LogP contribution in [-0.2, 0) is 41.3 Å². The van der Waals surface area contributed by atoms with Gasteiger partial charge in [0.15, 0.2) is 9.84 Å². The molecular weight excluding hydrogens is 560 g/mol. The number of aryl methyl sites for hydroxylation is 1. The van der Waals surface area contributed by atoms with Gasteiger partial charge in [-0.3, -0.25) is 9.78 Å². The number of benzene rings is 1. The average molecular weight is 589 g/mol. The maximum absolute atomic E-state index is 14.8. The van der Waals surface area contributed by atoms with Gasteiger partial charge in [-0.25, -0.2) is 21.2 Å². The number of likely N-dealkylation sites (tertiary alicyclic amines) is 1. The number of rotatable bonds is 4. The Hall–Kier alpha value is -2.54. The van der Waals surface area contributed by atoms with Crippen LogP contribution in [0.1, 0.15) is 49.6 Å². The Labute approximate surface area is 224 Å². The Bertz CT molecular complexity index is 1500. The van der Waals surface area contributed by atoms with Crippen molar-refractivity contribution in [1.82, 2.24) is 9.88 Å². The van der Waals surface area contributed by atoms with Crippen LogP contribution in [0.3, 0.4) is 0 Å². The summed E-state index contributed by atoms with van der Waals surface area (Å²) < 4.78 is 106. The number of hydrogen-bond acceptors (Lipinski definition) is 6. The SMILES string of the molecule is CC(F)(c1ccc2c(n1)CCC1N(C(=O)C3CCS(=O)(=O)CC3)CCC21S(=O)(=O)c1ccccc1)C(F)(F)F. The van der Waals surface area contributed by atoms with E-state index in [0.717, 1.165) is 6.07 Å². The molecule has 1 aliphatic carbocycles. The van der Waals surface area contributed by atoms with Crippen molar-refractivity contribution in [3.05, 3.63) is 59.4 Å². The highest BCUT2D eigenvalue weighted by Crippen LogP contribution is 2.53. The molecule has 0 spiro atoms. The molecule has 0 N–H and O–H groups in total. The van der Waals surface area contributed by atoms with E-state index >= 15 is 0 Å². The van der Waals surface area contributed by atoms with Crippen LogP contribution in [0.25, 0.3) is 0 Å². The molecule has 2 aliphatic heterocycles. The van der Waals surface area contributed by atoms with Gasteiger partial charge >= 0.3 is 6.18 Å². The molecule has 3 aliphatic rings. The van der Waals surface area contributed by atoms with Crippen LogP contribution >= 0.6 is 0 Å². The van der Waals surface area contributed by atoms with Crippen molar-refractivity contribution in [3.8, 4) is 0 Å². The van der Waals surface area contributed by atoms with Gasteiger partial charge in [0, 0.05) is 18.2 Å². The second-order valence-electron chi connectivity index (χ2n) is 10.7. The third-order valence-electron chi connectivity index (χ3n) is 8.46. The molecule has 7 nitrogen and oxygen atoms in total. The van der Waals surface area contributed by atoms with Gasteiger partial charge in [-0.1, -0.05) is 24.3 Å². The van der Waals surface area contributed by atoms with Gasteiger partial charge in [0.1, 0.15) is 14.6 Å². The zero-order chi connectivity index (χ0) is 28.4. The van der Waals surface area contributed by atoms with Crippen molar-refractivity contribution >= 4 is 25.6 Å². The summed E-state index contributed by atoms with van der Waals surface area (Å²) in [4.78, 5) is 19.1. The summed E-state index contributed by atoms with van der Waals surface area (Å²) in [5.41, 5.74) is -4.35. The lowest BCUT2D eigenvalue weighted by Gasteiger charge is -2.43. The maximum Gasteiger partial charge on any atom is 0.428 e. The summed E-state index contributed by atoms with van der Waals surface area (Å²) in [5.74, 6) is -1.12. The van der Waals surface area contributed by atoms with Gasteiger partial charge in [-0.2, -0.15) is 13.2 Å². The van der Waals surface area contributed by atoms with Crippen LogP contribution in [0.5, 0.6) is 0 Å². The number of carbonyl (C=O) groups excluding carboxylic acids is 1. The monoisotopic (exact) mass is 588 g/mol. The summed E-state index contributed by atoms with van der Waals surface area (Å²) in [5, 5.41) is 0. The molecule has 2 saturated heterocycles. The molecule has 212 valence electrons. The molecule has 3 heterocycles. The molecule has 1 aromatic heterocycles. The Morgan fingerprint density at radius 2 is 1.67 bits per heavy atom. The number of amides is 1. The molecule has 5 rings (SSSR count). The molecule has 3 atom stereocenters. The number of sulfone groups is 2. The predicted molar refractivity (Wildman–Crippen MR) is 134 cm³/mol. The Morgan fingerprint density at radius 3 is 2.28 bits per heavy atom. The summed E-state index contributed by atoms with van der Waals surface area (Å²) in [7, 11) is -7.43. The first-order valence-electron chi connectivity index (χ1n) is 12.7. The fourth-order valence-corrected chi connectivity index (χ4v) is 10.1. The molecule has 13 heteroatoms. The first-order valence-corrected chi connectivity index (χ1v) is 16.0. The lowest BCUT2D eigenvalue weighted by molar-refractivity contribution is -0.230. The Balaban J connectivity index is 1.61. The zero-order valence-electron chi connectivity index (χ0n) is 21.1. The largest absolute Gasteiger partial charge is 0.428 e. The molecular formula is C26H28F4N2O5S2. The Morgan fingerprint density at radius 1 is 1.03 bits per heavy atom. The lowest BCUT2D eigenvalue weighted by atomic mass is 9.80. The third-order valence-corrected chi connectivity index (χ3v) is 12.7. The normalized spacial score (nSPS) is 26.9. The lowest BCUT2D eigenvalue weighted by Crippen LogP contribution is -2.53. The van der Waals surface area contributed by atoms with E-state index in [2.05, 4.69) is 4.98 Å². The number of alkyl halides is 4. The van der Waals surface area contributed by atoms with Crippen LogP contribution in [0.2, 0.25) is 0 Å². The van der Waals surface area contributed by atoms with E-state index in [1.165, 1.54) is 23.1 Å². The number of carbonyl (C=O) groups is 1. The van der Waals surface area contributed by atoms with Gasteiger partial charge in [0.05, 0.1) is 28.1 Å². The van der Waals surface area contributed by atoms with E-state index in [9.17, 15) is 39.2 Å². The Kier molecular flexibility index (Phi) is 6.64. The van der Waals surface area contributed by atoms with Gasteiger partial charge in [-0.05, 0) is 62.8 Å². The number of pyridine rings is 1. The van der Waals surface area contributed by atoms with E-state index in [0.29, 0.717) is 6.92 Å². The minimum Gasteiger partial charge on any atom is -0.337 e. The minimum atomic E-state index is -5.22. The molecule has 1 aromatic carbocycles. The van der Waals surface area contributed by atoms with Crippen LogP contribution in [0, 0.1) is 5.92 Å². The highest BCUT2D eigenvalue weighted by Gasteiger charge is 2.62. The van der Waals surface area contributed by atoms with Gasteiger partial charge in [0.2, 0.25) is 11.6 Å². The zero-order valence-corrected chi connectivity index (χ0v) is 22.8. The average Bonchev–Trinajstić information content (AvgIpc) is 3.29. The number of hydrogen-bond donors (Lipinski definition) is 0. The summed E-state index contributed by atoms with van der Waals surface area (Å²) in [6, 6.07) is 8.88. The fraction of sp³-hybridized carbons (Fsp3) is 0.538. The molecule has 2 fully saturated rings. The topological polar surface area (TPSA) is 101 Å². The summed E-state index contributed by atoms with van der Waals surface area (Å²) >= 11 is 0. The van der Waals surface area contributed by atoms with Crippen molar-refractivity contribution in [2.24, 2.45) is 5.92 Å². The van der Waals surface area contributed by atoms with E-state index < -0.39 is 53.9 Å². The maximum atomic E-state index is 14.8. The van der Waals surface area contributed by atoms with E-state index in [1.54, 1.807) is 18.2 Å². The molecule has 0 radical (unpaired) electrons. The standard InChI is InChI=1S/C26H28F4N2O5S2/c1-24(27,26(28,29)30)21-9-7-19-20(31-21)8-10-22-25(19,39(36,37)18-5-3-2-4-6-18)13-14-32(22)23(33)17-11-15-38(34,35)16-12-17/h2-7,9,17,22H,8,10-16H2,1H3. The van der Waals surface area contributed by atoms with Crippen molar-refractivity contribution in [2.75, 3.05) is 18.1 Å². The fourth-order valence-electron chi connectivity index (χ4n) is 6.22. The van der Waals surface area contributed by atoms with E-state index in [1.807, 2.05) is 0 Å².